The first-order chi connectivity index (χ1) is 13.6. The molecule has 1 N–H and O–H groups in total. The van der Waals surface area contributed by atoms with E-state index in [1.807, 2.05) is 29.6 Å². The molecule has 0 aliphatic heterocycles. The zero-order chi connectivity index (χ0) is 20.1. The molecule has 0 bridgehead atoms. The number of amides is 1. The highest BCUT2D eigenvalue weighted by atomic mass is 32.2. The maximum absolute atomic E-state index is 12.8. The van der Waals surface area contributed by atoms with E-state index in [0.29, 0.717) is 29.4 Å². The number of rotatable bonds is 9. The Balaban J connectivity index is 1.86. The van der Waals surface area contributed by atoms with Crippen LogP contribution in [-0.4, -0.2) is 62.4 Å². The normalized spacial score (nSPS) is 11.4. The Morgan fingerprint density at radius 2 is 2.14 bits per heavy atom. The number of allylic oxidation sites excluding steroid dienone is 1. The van der Waals surface area contributed by atoms with E-state index in [1.165, 1.54) is 16.3 Å². The summed E-state index contributed by atoms with van der Waals surface area (Å²) < 4.78 is 3.36. The van der Waals surface area contributed by atoms with Gasteiger partial charge in [-0.15, -0.1) is 16.8 Å². The Hall–Kier alpha value is -2.65. The summed E-state index contributed by atoms with van der Waals surface area (Å²) in [5.41, 5.74) is 0.588. The lowest BCUT2D eigenvalue weighted by molar-refractivity contribution is -0.118. The molecule has 2 aromatic heterocycles. The van der Waals surface area contributed by atoms with Gasteiger partial charge in [0.15, 0.2) is 5.16 Å². The average Bonchev–Trinajstić information content (AvgIpc) is 3.13. The highest BCUT2D eigenvalue weighted by Crippen LogP contribution is 2.21. The van der Waals surface area contributed by atoms with Crippen LogP contribution in [0.3, 0.4) is 0 Å². The van der Waals surface area contributed by atoms with E-state index in [1.54, 1.807) is 12.1 Å². The Morgan fingerprint density at radius 1 is 1.36 bits per heavy atom. The SMILES string of the molecule is C=CCn1c(=O)c2ccccc2n2c(SCC(=O)NCCN(C)CC)nnc12. The van der Waals surface area contributed by atoms with Crippen LogP contribution >= 0.6 is 11.8 Å². The third kappa shape index (κ3) is 4.10. The van der Waals surface area contributed by atoms with Crippen LogP contribution in [0, 0.1) is 0 Å². The lowest BCUT2D eigenvalue weighted by Gasteiger charge is -2.13. The first-order valence-electron chi connectivity index (χ1n) is 9.12. The number of para-hydroxylation sites is 1. The van der Waals surface area contributed by atoms with E-state index in [4.69, 9.17) is 0 Å². The number of hydrogen-bond donors (Lipinski definition) is 1. The first kappa shape index (κ1) is 20.1. The van der Waals surface area contributed by atoms with Gasteiger partial charge in [0.05, 0.1) is 16.7 Å². The molecule has 9 heteroatoms. The van der Waals surface area contributed by atoms with Crippen molar-refractivity contribution in [3.8, 4) is 0 Å². The molecule has 2 heterocycles. The Kier molecular flexibility index (Phi) is 6.48. The van der Waals surface area contributed by atoms with Crippen molar-refractivity contribution < 1.29 is 4.79 Å². The number of carbonyl (C=O) groups excluding carboxylic acids is 1. The lowest BCUT2D eigenvalue weighted by Crippen LogP contribution is -2.33. The molecule has 148 valence electrons. The number of nitrogens with one attached hydrogen (secondary N) is 1. The highest BCUT2D eigenvalue weighted by Gasteiger charge is 2.17. The number of benzene rings is 1. The van der Waals surface area contributed by atoms with Crippen LogP contribution in [0.1, 0.15) is 6.92 Å². The number of aromatic nitrogens is 4. The van der Waals surface area contributed by atoms with Crippen LogP contribution in [0.15, 0.2) is 46.9 Å². The van der Waals surface area contributed by atoms with Crippen LogP contribution in [0.25, 0.3) is 16.7 Å². The molecule has 0 atom stereocenters. The van der Waals surface area contributed by atoms with Crippen molar-refractivity contribution in [1.29, 1.82) is 0 Å². The van der Waals surface area contributed by atoms with Crippen molar-refractivity contribution in [2.45, 2.75) is 18.6 Å². The van der Waals surface area contributed by atoms with Gasteiger partial charge in [0.1, 0.15) is 0 Å². The fourth-order valence-electron chi connectivity index (χ4n) is 2.85. The summed E-state index contributed by atoms with van der Waals surface area (Å²) >= 11 is 1.30. The van der Waals surface area contributed by atoms with Gasteiger partial charge in [0.25, 0.3) is 5.56 Å². The number of carbonyl (C=O) groups is 1. The predicted octanol–water partition coefficient (Wildman–Crippen LogP) is 1.39. The zero-order valence-electron chi connectivity index (χ0n) is 16.1. The Labute approximate surface area is 167 Å². The number of nitrogens with zero attached hydrogens (tertiary/aromatic N) is 5. The molecule has 28 heavy (non-hydrogen) atoms. The highest BCUT2D eigenvalue weighted by molar-refractivity contribution is 7.99. The molecule has 0 fully saturated rings. The largest absolute Gasteiger partial charge is 0.354 e. The van der Waals surface area contributed by atoms with E-state index >= 15 is 0 Å². The smallest absolute Gasteiger partial charge is 0.263 e. The van der Waals surface area contributed by atoms with E-state index in [0.717, 1.165) is 18.6 Å². The van der Waals surface area contributed by atoms with Crippen molar-refractivity contribution >= 4 is 34.3 Å². The Bertz CT molecular complexity index is 1060. The minimum absolute atomic E-state index is 0.0602. The van der Waals surface area contributed by atoms with Crippen LogP contribution in [0.2, 0.25) is 0 Å². The summed E-state index contributed by atoms with van der Waals surface area (Å²) in [5, 5.41) is 12.5. The quantitative estimate of drug-likeness (QED) is 0.432. The third-order valence-electron chi connectivity index (χ3n) is 4.48. The molecule has 0 radical (unpaired) electrons. The second-order valence-electron chi connectivity index (χ2n) is 6.37. The van der Waals surface area contributed by atoms with Crippen molar-refractivity contribution in [3.05, 3.63) is 47.3 Å². The maximum Gasteiger partial charge on any atom is 0.263 e. The van der Waals surface area contributed by atoms with Gasteiger partial charge in [0, 0.05) is 19.6 Å². The summed E-state index contributed by atoms with van der Waals surface area (Å²) in [5.74, 6) is 0.608. The van der Waals surface area contributed by atoms with Gasteiger partial charge in [-0.3, -0.25) is 18.6 Å². The molecule has 1 aromatic carbocycles. The fourth-order valence-corrected chi connectivity index (χ4v) is 3.62. The summed E-state index contributed by atoms with van der Waals surface area (Å²) in [6, 6.07) is 7.33. The van der Waals surface area contributed by atoms with Gasteiger partial charge in [-0.05, 0) is 25.7 Å². The fraction of sp³-hybridized carbons (Fsp3) is 0.368. The van der Waals surface area contributed by atoms with Crippen LogP contribution in [0.5, 0.6) is 0 Å². The van der Waals surface area contributed by atoms with Crippen molar-refractivity contribution in [2.24, 2.45) is 0 Å². The number of hydrogen-bond acceptors (Lipinski definition) is 6. The summed E-state index contributed by atoms with van der Waals surface area (Å²) in [6.07, 6.45) is 1.65. The zero-order valence-corrected chi connectivity index (χ0v) is 16.9. The molecule has 1 amide bonds. The monoisotopic (exact) mass is 400 g/mol. The molecule has 0 aliphatic rings. The van der Waals surface area contributed by atoms with Crippen molar-refractivity contribution in [3.63, 3.8) is 0 Å². The molecule has 8 nitrogen and oxygen atoms in total. The molecule has 0 aliphatic carbocycles. The summed E-state index contributed by atoms with van der Waals surface area (Å²) in [4.78, 5) is 27.0. The van der Waals surface area contributed by atoms with E-state index < -0.39 is 0 Å². The lowest BCUT2D eigenvalue weighted by atomic mass is 10.2. The van der Waals surface area contributed by atoms with Crippen molar-refractivity contribution in [2.75, 3.05) is 32.4 Å². The number of likely N-dealkylation sites (N-methyl/N-ethyl adjacent to an activating group) is 1. The number of thioether (sulfide) groups is 1. The third-order valence-corrected chi connectivity index (χ3v) is 5.41. The van der Waals surface area contributed by atoms with Gasteiger partial charge in [-0.1, -0.05) is 36.9 Å². The molecular formula is C19H24N6O2S. The second kappa shape index (κ2) is 9.03. The van der Waals surface area contributed by atoms with Gasteiger partial charge < -0.3 is 10.2 Å². The molecule has 0 spiro atoms. The maximum atomic E-state index is 12.8. The minimum Gasteiger partial charge on any atom is -0.354 e. The van der Waals surface area contributed by atoms with E-state index in [9.17, 15) is 9.59 Å². The van der Waals surface area contributed by atoms with Gasteiger partial charge in [-0.2, -0.15) is 0 Å². The molecule has 3 rings (SSSR count). The summed E-state index contributed by atoms with van der Waals surface area (Å²) in [7, 11) is 2.01. The minimum atomic E-state index is -0.135. The van der Waals surface area contributed by atoms with E-state index in [2.05, 4.69) is 33.9 Å². The van der Waals surface area contributed by atoms with Gasteiger partial charge in [0.2, 0.25) is 11.7 Å². The van der Waals surface area contributed by atoms with Crippen LogP contribution < -0.4 is 10.9 Å². The predicted molar refractivity (Wildman–Crippen MR) is 112 cm³/mol. The van der Waals surface area contributed by atoms with Gasteiger partial charge in [-0.25, -0.2) is 0 Å². The van der Waals surface area contributed by atoms with Crippen molar-refractivity contribution in [1.82, 2.24) is 29.4 Å². The molecule has 0 saturated heterocycles. The molecule has 0 unspecified atom stereocenters. The Morgan fingerprint density at radius 3 is 2.89 bits per heavy atom. The molecule has 3 aromatic rings. The topological polar surface area (TPSA) is 84.5 Å². The standard InChI is InChI=1S/C19H24N6O2S/c1-4-11-24-17(27)14-8-6-7-9-15(14)25-18(24)21-22-19(25)28-13-16(26)20-10-12-23(3)5-2/h4,6-9H,1,5,10-13H2,2-3H3,(H,20,26). The van der Waals surface area contributed by atoms with Crippen LogP contribution in [-0.2, 0) is 11.3 Å². The number of fused-ring (bicyclic) bond motifs is 3. The first-order valence-corrected chi connectivity index (χ1v) is 10.1. The second-order valence-corrected chi connectivity index (χ2v) is 7.32. The average molecular weight is 401 g/mol. The van der Waals surface area contributed by atoms with Gasteiger partial charge >= 0.3 is 0 Å². The van der Waals surface area contributed by atoms with Crippen LogP contribution in [0.4, 0.5) is 0 Å². The molecular weight excluding hydrogens is 376 g/mol. The van der Waals surface area contributed by atoms with E-state index in [-0.39, 0.29) is 17.2 Å². The summed E-state index contributed by atoms with van der Waals surface area (Å²) in [6.45, 7) is 8.48. The molecule has 0 saturated carbocycles.